The number of nitrogens with zero attached hydrogens (tertiary/aromatic N) is 2. The molecule has 6 rings (SSSR count). The van der Waals surface area contributed by atoms with E-state index in [1.54, 1.807) is 37.4 Å². The molecule has 0 saturated heterocycles. The largest absolute Gasteiger partial charge is 0.497 e. The summed E-state index contributed by atoms with van der Waals surface area (Å²) in [5.74, 6) is 0.611. The number of esters is 2. The van der Waals surface area contributed by atoms with E-state index < -0.39 is 11.9 Å². The number of methoxy groups -OCH3 is 1. The zero-order chi connectivity index (χ0) is 37.0. The lowest BCUT2D eigenvalue weighted by atomic mass is 9.88. The van der Waals surface area contributed by atoms with E-state index >= 15 is 0 Å². The van der Waals surface area contributed by atoms with Gasteiger partial charge in [-0.2, -0.15) is 0 Å². The van der Waals surface area contributed by atoms with Crippen LogP contribution in [-0.2, 0) is 19.0 Å². The van der Waals surface area contributed by atoms with Crippen molar-refractivity contribution in [1.29, 1.82) is 0 Å². The molecule has 1 aliphatic carbocycles. The van der Waals surface area contributed by atoms with Crippen molar-refractivity contribution in [3.63, 3.8) is 0 Å². The fraction of sp³-hybridized carbons (Fsp3) is 0.310. The lowest BCUT2D eigenvalue weighted by Crippen LogP contribution is -2.25. The summed E-state index contributed by atoms with van der Waals surface area (Å²) in [5.41, 5.74) is 4.57. The Bertz CT molecular complexity index is 2020. The molecule has 0 spiro atoms. The summed E-state index contributed by atoms with van der Waals surface area (Å²) < 4.78 is 33.7. The number of aldehydes is 1. The average molecular weight is 719 g/mol. The van der Waals surface area contributed by atoms with Crippen molar-refractivity contribution < 1.29 is 42.8 Å². The van der Waals surface area contributed by atoms with Gasteiger partial charge in [-0.15, -0.1) is 0 Å². The third kappa shape index (κ3) is 9.82. The molecular weight excluding hydrogens is 676 g/mol. The normalized spacial score (nSPS) is 15.4. The zero-order valence-corrected chi connectivity index (χ0v) is 29.8. The Morgan fingerprint density at radius 2 is 1.30 bits per heavy atom. The third-order valence-corrected chi connectivity index (χ3v) is 8.91. The Morgan fingerprint density at radius 1 is 0.679 bits per heavy atom. The van der Waals surface area contributed by atoms with Crippen LogP contribution < -0.4 is 14.2 Å². The number of ether oxygens (including phenoxy) is 6. The molecule has 0 amide bonds. The number of carbonyl (C=O) groups is 3. The summed E-state index contributed by atoms with van der Waals surface area (Å²) in [6, 6.07) is 26.4. The number of benzene rings is 4. The van der Waals surface area contributed by atoms with Crippen LogP contribution in [0.25, 0.3) is 33.5 Å². The molecule has 0 unspecified atom stereocenters. The van der Waals surface area contributed by atoms with Crippen LogP contribution in [0.4, 0.5) is 0 Å². The van der Waals surface area contributed by atoms with Crippen LogP contribution in [0.5, 0.6) is 17.2 Å². The monoisotopic (exact) mass is 718 g/mol. The first-order chi connectivity index (χ1) is 25.9. The van der Waals surface area contributed by atoms with Crippen LogP contribution in [0.1, 0.15) is 53.3 Å². The van der Waals surface area contributed by atoms with Crippen LogP contribution in [0.3, 0.4) is 0 Å². The minimum absolute atomic E-state index is 0.0357. The maximum atomic E-state index is 13.2. The molecule has 0 aliphatic heterocycles. The second-order valence-electron chi connectivity index (χ2n) is 12.5. The second-order valence-corrected chi connectivity index (χ2v) is 12.5. The number of hydrogen-bond donors (Lipinski definition) is 0. The minimum Gasteiger partial charge on any atom is -0.497 e. The van der Waals surface area contributed by atoms with Crippen LogP contribution in [-0.4, -0.2) is 74.4 Å². The van der Waals surface area contributed by atoms with E-state index in [0.29, 0.717) is 110 Å². The van der Waals surface area contributed by atoms with Crippen molar-refractivity contribution in [2.24, 2.45) is 5.92 Å². The molecule has 0 atom stereocenters. The molecule has 274 valence electrons. The first-order valence-corrected chi connectivity index (χ1v) is 17.8. The van der Waals surface area contributed by atoms with Crippen LogP contribution in [0.2, 0.25) is 0 Å². The number of rotatable bonds is 16. The van der Waals surface area contributed by atoms with E-state index in [9.17, 15) is 14.4 Å². The molecule has 4 aromatic carbocycles. The van der Waals surface area contributed by atoms with Crippen molar-refractivity contribution in [2.45, 2.75) is 38.7 Å². The van der Waals surface area contributed by atoms with Gasteiger partial charge >= 0.3 is 11.9 Å². The van der Waals surface area contributed by atoms with Gasteiger partial charge in [-0.25, -0.2) is 19.6 Å². The van der Waals surface area contributed by atoms with E-state index in [0.717, 1.165) is 11.8 Å². The van der Waals surface area contributed by atoms with Crippen molar-refractivity contribution in [2.75, 3.05) is 40.1 Å². The van der Waals surface area contributed by atoms with E-state index in [-0.39, 0.29) is 17.6 Å². The van der Waals surface area contributed by atoms with Crippen LogP contribution in [0, 0.1) is 5.92 Å². The lowest BCUT2D eigenvalue weighted by molar-refractivity contribution is -0.112. The van der Waals surface area contributed by atoms with Crippen LogP contribution >= 0.6 is 0 Å². The molecule has 5 aromatic rings. The summed E-state index contributed by atoms with van der Waals surface area (Å²) >= 11 is 0. The van der Waals surface area contributed by atoms with Gasteiger partial charge in [0.25, 0.3) is 0 Å². The van der Waals surface area contributed by atoms with Gasteiger partial charge in [0.1, 0.15) is 36.2 Å². The highest BCUT2D eigenvalue weighted by Crippen LogP contribution is 2.35. The SMILES string of the molecule is CCOCCOCCOc1ccc2nc(-c3cccc(OC(=O)c4ccc(C(=O)OC5CCC(C=O)CC5)cc4)c3)c(-c3cccc(OC)c3)nc2c1. The van der Waals surface area contributed by atoms with Gasteiger partial charge in [0.15, 0.2) is 0 Å². The van der Waals surface area contributed by atoms with Gasteiger partial charge in [0.2, 0.25) is 0 Å². The molecule has 11 nitrogen and oxygen atoms in total. The molecule has 1 fully saturated rings. The molecule has 11 heteroatoms. The van der Waals surface area contributed by atoms with E-state index in [4.69, 9.17) is 38.4 Å². The topological polar surface area (TPSA) is 132 Å². The van der Waals surface area contributed by atoms with Gasteiger partial charge in [-0.05, 0) is 93.3 Å². The molecule has 1 aliphatic rings. The fourth-order valence-electron chi connectivity index (χ4n) is 6.06. The summed E-state index contributed by atoms with van der Waals surface area (Å²) in [4.78, 5) is 47.0. The molecule has 53 heavy (non-hydrogen) atoms. The molecule has 1 saturated carbocycles. The zero-order valence-electron chi connectivity index (χ0n) is 29.8. The van der Waals surface area contributed by atoms with E-state index in [2.05, 4.69) is 0 Å². The Kier molecular flexibility index (Phi) is 12.8. The number of carbonyl (C=O) groups excluding carboxylic acids is 3. The van der Waals surface area contributed by atoms with E-state index in [1.807, 2.05) is 55.5 Å². The average Bonchev–Trinajstić information content (AvgIpc) is 3.20. The Labute approximate surface area is 308 Å². The van der Waals surface area contributed by atoms with Gasteiger partial charge in [-0.1, -0.05) is 24.3 Å². The maximum Gasteiger partial charge on any atom is 0.343 e. The predicted octanol–water partition coefficient (Wildman–Crippen LogP) is 7.54. The van der Waals surface area contributed by atoms with E-state index in [1.165, 1.54) is 12.1 Å². The number of aromatic nitrogens is 2. The minimum atomic E-state index is -0.584. The molecule has 0 radical (unpaired) electrons. The van der Waals surface area contributed by atoms with Crippen molar-refractivity contribution in [3.05, 3.63) is 102 Å². The number of fused-ring (bicyclic) bond motifs is 1. The standard InChI is InChI=1S/C42H42N2O9/c1-3-49-20-21-50-22-23-51-35-18-19-37-38(26-35)44-40(31-6-4-8-34(24-31)48-2)39(43-37)32-7-5-9-36(25-32)53-42(47)30-14-12-29(13-15-30)41(46)52-33-16-10-28(27-45)11-17-33/h4-9,12-15,18-19,24-28,33H,3,10-11,16-17,20-23H2,1-2H3. The predicted molar refractivity (Wildman–Crippen MR) is 198 cm³/mol. The summed E-state index contributed by atoms with van der Waals surface area (Å²) in [6.07, 6.45) is 3.50. The lowest BCUT2D eigenvalue weighted by Gasteiger charge is -2.25. The second kappa shape index (κ2) is 18.2. The van der Waals surface area contributed by atoms with Gasteiger partial charge in [-0.3, -0.25) is 0 Å². The maximum absolute atomic E-state index is 13.2. The first kappa shape index (κ1) is 37.1. The molecule has 1 heterocycles. The van der Waals surface area contributed by atoms with Gasteiger partial charge in [0, 0.05) is 29.7 Å². The Hall–Kier alpha value is -5.65. The highest BCUT2D eigenvalue weighted by atomic mass is 16.6. The fourth-order valence-corrected chi connectivity index (χ4v) is 6.06. The first-order valence-electron chi connectivity index (χ1n) is 17.8. The van der Waals surface area contributed by atoms with Crippen LogP contribution in [0.15, 0.2) is 91.0 Å². The van der Waals surface area contributed by atoms with Gasteiger partial charge in [0.05, 0.1) is 60.5 Å². The Balaban J connectivity index is 1.18. The summed E-state index contributed by atoms with van der Waals surface area (Å²) in [6.45, 7) is 4.45. The molecule has 0 N–H and O–H groups in total. The highest BCUT2D eigenvalue weighted by Gasteiger charge is 2.24. The Morgan fingerprint density at radius 3 is 1.98 bits per heavy atom. The quantitative estimate of drug-likeness (QED) is 0.0434. The third-order valence-electron chi connectivity index (χ3n) is 8.91. The molecule has 0 bridgehead atoms. The molecular formula is C42H42N2O9. The number of hydrogen-bond acceptors (Lipinski definition) is 11. The van der Waals surface area contributed by atoms with Crippen molar-refractivity contribution >= 4 is 29.3 Å². The molecule has 1 aromatic heterocycles. The summed E-state index contributed by atoms with van der Waals surface area (Å²) in [5, 5.41) is 0. The smallest absolute Gasteiger partial charge is 0.343 e. The van der Waals surface area contributed by atoms with Gasteiger partial charge < -0.3 is 33.2 Å². The van der Waals surface area contributed by atoms with Crippen molar-refractivity contribution in [3.8, 4) is 39.8 Å². The summed E-state index contributed by atoms with van der Waals surface area (Å²) in [7, 11) is 1.61. The van der Waals surface area contributed by atoms with Crippen molar-refractivity contribution in [1.82, 2.24) is 9.97 Å². The highest BCUT2D eigenvalue weighted by molar-refractivity contribution is 5.94.